The van der Waals surface area contributed by atoms with Crippen LogP contribution < -0.4 is 0 Å². The number of ether oxygens (including phenoxy) is 1. The van der Waals surface area contributed by atoms with Crippen LogP contribution in [0.4, 0.5) is 0 Å². The Bertz CT molecular complexity index is 267. The molecule has 1 aromatic carbocycles. The van der Waals surface area contributed by atoms with Crippen molar-refractivity contribution in [3.8, 4) is 0 Å². The standard InChI is InChI=1S/C12H15O2/c1-2-3-9-14-12(13)10-11-7-5-4-6-8-11/h4-8H,1-3,9-10H2. The van der Waals surface area contributed by atoms with Gasteiger partial charge in [-0.15, -0.1) is 0 Å². The summed E-state index contributed by atoms with van der Waals surface area (Å²) < 4.78 is 5.01. The first-order valence-electron chi connectivity index (χ1n) is 4.81. The van der Waals surface area contributed by atoms with Crippen molar-refractivity contribution in [2.75, 3.05) is 6.61 Å². The summed E-state index contributed by atoms with van der Waals surface area (Å²) in [6, 6.07) is 9.60. The zero-order valence-corrected chi connectivity index (χ0v) is 8.24. The van der Waals surface area contributed by atoms with Gasteiger partial charge >= 0.3 is 5.97 Å². The van der Waals surface area contributed by atoms with E-state index >= 15 is 0 Å². The Labute approximate surface area is 84.9 Å². The van der Waals surface area contributed by atoms with Crippen LogP contribution in [0.2, 0.25) is 0 Å². The summed E-state index contributed by atoms with van der Waals surface area (Å²) in [6.45, 7) is 4.16. The van der Waals surface area contributed by atoms with Crippen LogP contribution in [-0.4, -0.2) is 12.6 Å². The van der Waals surface area contributed by atoms with Gasteiger partial charge in [-0.05, 0) is 12.0 Å². The third-order valence-corrected chi connectivity index (χ3v) is 1.85. The first kappa shape index (κ1) is 10.8. The predicted octanol–water partition coefficient (Wildman–Crippen LogP) is 2.39. The van der Waals surface area contributed by atoms with Gasteiger partial charge in [0.25, 0.3) is 0 Å². The van der Waals surface area contributed by atoms with Crippen LogP contribution >= 0.6 is 0 Å². The molecule has 75 valence electrons. The molecule has 0 aliphatic carbocycles. The summed E-state index contributed by atoms with van der Waals surface area (Å²) in [5.41, 5.74) is 0.993. The van der Waals surface area contributed by atoms with E-state index in [2.05, 4.69) is 6.92 Å². The monoisotopic (exact) mass is 191 g/mol. The van der Waals surface area contributed by atoms with Crippen LogP contribution in [-0.2, 0) is 16.0 Å². The number of rotatable bonds is 5. The summed E-state index contributed by atoms with van der Waals surface area (Å²) in [5.74, 6) is -0.162. The molecule has 2 heteroatoms. The number of hydrogen-bond acceptors (Lipinski definition) is 2. The van der Waals surface area contributed by atoms with Crippen LogP contribution in [0.25, 0.3) is 0 Å². The SMILES string of the molecule is [CH2]CCCOC(=O)Cc1ccccc1. The third kappa shape index (κ3) is 4.08. The number of carbonyl (C=O) groups is 1. The molecular weight excluding hydrogens is 176 g/mol. The van der Waals surface area contributed by atoms with E-state index in [-0.39, 0.29) is 5.97 Å². The number of esters is 1. The molecule has 0 aliphatic rings. The lowest BCUT2D eigenvalue weighted by Crippen LogP contribution is -2.08. The van der Waals surface area contributed by atoms with E-state index in [0.29, 0.717) is 13.0 Å². The van der Waals surface area contributed by atoms with E-state index < -0.39 is 0 Å². The highest BCUT2D eigenvalue weighted by molar-refractivity contribution is 5.72. The number of carbonyl (C=O) groups excluding carboxylic acids is 1. The van der Waals surface area contributed by atoms with Gasteiger partial charge in [-0.1, -0.05) is 43.7 Å². The fourth-order valence-electron chi connectivity index (χ4n) is 1.10. The van der Waals surface area contributed by atoms with Crippen molar-refractivity contribution in [3.05, 3.63) is 42.8 Å². The van der Waals surface area contributed by atoms with Crippen molar-refractivity contribution in [1.82, 2.24) is 0 Å². The highest BCUT2D eigenvalue weighted by Gasteiger charge is 2.02. The van der Waals surface area contributed by atoms with Crippen molar-refractivity contribution in [2.45, 2.75) is 19.3 Å². The van der Waals surface area contributed by atoms with Crippen molar-refractivity contribution >= 4 is 5.97 Å². The molecule has 0 aliphatic heterocycles. The average molecular weight is 191 g/mol. The first-order valence-corrected chi connectivity index (χ1v) is 4.81. The van der Waals surface area contributed by atoms with Gasteiger partial charge in [0, 0.05) is 0 Å². The molecule has 0 N–H and O–H groups in total. The second kappa shape index (κ2) is 6.19. The third-order valence-electron chi connectivity index (χ3n) is 1.85. The van der Waals surface area contributed by atoms with Gasteiger partial charge in [-0.3, -0.25) is 4.79 Å². The van der Waals surface area contributed by atoms with E-state index in [9.17, 15) is 4.79 Å². The zero-order valence-electron chi connectivity index (χ0n) is 8.24. The fraction of sp³-hybridized carbons (Fsp3) is 0.333. The Morgan fingerprint density at radius 2 is 2.00 bits per heavy atom. The Morgan fingerprint density at radius 1 is 1.29 bits per heavy atom. The summed E-state index contributed by atoms with van der Waals surface area (Å²) >= 11 is 0. The molecule has 0 amide bonds. The molecule has 14 heavy (non-hydrogen) atoms. The predicted molar refractivity (Wildman–Crippen MR) is 55.7 cm³/mol. The minimum atomic E-state index is -0.162. The molecule has 1 rings (SSSR count). The topological polar surface area (TPSA) is 26.3 Å². The zero-order chi connectivity index (χ0) is 10.2. The molecule has 1 aromatic rings. The maximum absolute atomic E-state index is 11.2. The molecule has 0 fully saturated rings. The van der Waals surface area contributed by atoms with Gasteiger partial charge in [0.05, 0.1) is 13.0 Å². The highest BCUT2D eigenvalue weighted by Crippen LogP contribution is 2.01. The van der Waals surface area contributed by atoms with E-state index in [1.807, 2.05) is 30.3 Å². The molecule has 0 atom stereocenters. The highest BCUT2D eigenvalue weighted by atomic mass is 16.5. The summed E-state index contributed by atoms with van der Waals surface area (Å²) in [4.78, 5) is 11.2. The lowest BCUT2D eigenvalue weighted by Gasteiger charge is -2.03. The second-order valence-electron chi connectivity index (χ2n) is 3.09. The Balaban J connectivity index is 2.27. The van der Waals surface area contributed by atoms with Gasteiger partial charge in [-0.25, -0.2) is 0 Å². The van der Waals surface area contributed by atoms with Crippen LogP contribution in [0.15, 0.2) is 30.3 Å². The van der Waals surface area contributed by atoms with Crippen molar-refractivity contribution < 1.29 is 9.53 Å². The van der Waals surface area contributed by atoms with Gasteiger partial charge in [0.2, 0.25) is 0 Å². The fourth-order valence-corrected chi connectivity index (χ4v) is 1.10. The molecule has 0 unspecified atom stereocenters. The number of hydrogen-bond donors (Lipinski definition) is 0. The molecule has 0 saturated carbocycles. The van der Waals surface area contributed by atoms with Crippen molar-refractivity contribution in [3.63, 3.8) is 0 Å². The molecule has 0 spiro atoms. The van der Waals surface area contributed by atoms with Gasteiger partial charge in [-0.2, -0.15) is 0 Å². The molecule has 0 heterocycles. The summed E-state index contributed by atoms with van der Waals surface area (Å²) in [6.07, 6.45) is 2.00. The first-order chi connectivity index (χ1) is 6.83. The quantitative estimate of drug-likeness (QED) is 0.527. The van der Waals surface area contributed by atoms with Gasteiger partial charge < -0.3 is 4.74 Å². The van der Waals surface area contributed by atoms with Gasteiger partial charge in [0.15, 0.2) is 0 Å². The van der Waals surface area contributed by atoms with Gasteiger partial charge in [0.1, 0.15) is 0 Å². The van der Waals surface area contributed by atoms with E-state index in [4.69, 9.17) is 4.74 Å². The Hall–Kier alpha value is -1.31. The molecule has 1 radical (unpaired) electrons. The normalized spacial score (nSPS) is 9.79. The number of unbranched alkanes of at least 4 members (excludes halogenated alkanes) is 1. The summed E-state index contributed by atoms with van der Waals surface area (Å²) in [5, 5.41) is 0. The van der Waals surface area contributed by atoms with Crippen LogP contribution in [0.5, 0.6) is 0 Å². The van der Waals surface area contributed by atoms with E-state index in [0.717, 1.165) is 18.4 Å². The average Bonchev–Trinajstić information content (AvgIpc) is 2.20. The largest absolute Gasteiger partial charge is 0.465 e. The second-order valence-corrected chi connectivity index (χ2v) is 3.09. The number of benzene rings is 1. The Kier molecular flexibility index (Phi) is 4.76. The maximum atomic E-state index is 11.2. The molecule has 2 nitrogen and oxygen atoms in total. The minimum absolute atomic E-state index is 0.162. The lowest BCUT2D eigenvalue weighted by atomic mass is 10.2. The van der Waals surface area contributed by atoms with Crippen molar-refractivity contribution in [1.29, 1.82) is 0 Å². The van der Waals surface area contributed by atoms with E-state index in [1.54, 1.807) is 0 Å². The molecular formula is C12H15O2. The van der Waals surface area contributed by atoms with Crippen molar-refractivity contribution in [2.24, 2.45) is 0 Å². The summed E-state index contributed by atoms with van der Waals surface area (Å²) in [7, 11) is 0. The van der Waals surface area contributed by atoms with E-state index in [1.165, 1.54) is 0 Å². The maximum Gasteiger partial charge on any atom is 0.310 e. The van der Waals surface area contributed by atoms with Crippen LogP contribution in [0, 0.1) is 6.92 Å². The molecule has 0 aromatic heterocycles. The Morgan fingerprint density at radius 3 is 2.64 bits per heavy atom. The minimum Gasteiger partial charge on any atom is -0.465 e. The lowest BCUT2D eigenvalue weighted by molar-refractivity contribution is -0.142. The van der Waals surface area contributed by atoms with Crippen LogP contribution in [0.3, 0.4) is 0 Å². The molecule has 0 bridgehead atoms. The molecule has 0 saturated heterocycles. The van der Waals surface area contributed by atoms with Crippen LogP contribution in [0.1, 0.15) is 18.4 Å². The smallest absolute Gasteiger partial charge is 0.310 e.